The fraction of sp³-hybridized carbons (Fsp3) is 1.00. The third-order valence-electron chi connectivity index (χ3n) is 5.22. The Morgan fingerprint density at radius 3 is 2.12 bits per heavy atom. The summed E-state index contributed by atoms with van der Waals surface area (Å²) in [6.45, 7) is 6.08. The molecule has 0 amide bonds. The molecular weight excluding hydrogens is 208 g/mol. The molecule has 2 bridgehead atoms. The predicted molar refractivity (Wildman–Crippen MR) is 72.2 cm³/mol. The van der Waals surface area contributed by atoms with Crippen molar-refractivity contribution in [2.75, 3.05) is 6.54 Å². The van der Waals surface area contributed by atoms with Gasteiger partial charge in [0.25, 0.3) is 0 Å². The van der Waals surface area contributed by atoms with Crippen molar-refractivity contribution in [2.24, 2.45) is 5.92 Å². The quantitative estimate of drug-likeness (QED) is 0.807. The van der Waals surface area contributed by atoms with Crippen LogP contribution in [-0.4, -0.2) is 35.6 Å². The predicted octanol–water partition coefficient (Wildman–Crippen LogP) is 2.78. The molecule has 2 heteroatoms. The monoisotopic (exact) mass is 236 g/mol. The molecule has 0 aromatic carbocycles. The molecule has 2 atom stereocenters. The van der Waals surface area contributed by atoms with Crippen LogP contribution < -0.4 is 5.32 Å². The Kier molecular flexibility index (Phi) is 3.45. The van der Waals surface area contributed by atoms with Crippen molar-refractivity contribution in [2.45, 2.75) is 83.0 Å². The van der Waals surface area contributed by atoms with E-state index < -0.39 is 0 Å². The first-order chi connectivity index (χ1) is 8.26. The number of nitrogens with one attached hydrogen (secondary N) is 1. The van der Waals surface area contributed by atoms with Gasteiger partial charge in [-0.25, -0.2) is 0 Å². The second kappa shape index (κ2) is 4.89. The van der Waals surface area contributed by atoms with Gasteiger partial charge in [-0.05, 0) is 57.4 Å². The van der Waals surface area contributed by atoms with E-state index in [-0.39, 0.29) is 0 Å². The van der Waals surface area contributed by atoms with Crippen LogP contribution in [0.3, 0.4) is 0 Å². The number of rotatable bonds is 4. The molecule has 3 fully saturated rings. The molecule has 0 aromatic rings. The Morgan fingerprint density at radius 2 is 1.59 bits per heavy atom. The summed E-state index contributed by atoms with van der Waals surface area (Å²) in [7, 11) is 0. The first kappa shape index (κ1) is 12.0. The highest BCUT2D eigenvalue weighted by molar-refractivity contribution is 4.98. The van der Waals surface area contributed by atoms with Crippen LogP contribution in [0.2, 0.25) is 0 Å². The molecular formula is C15H28N2. The van der Waals surface area contributed by atoms with E-state index in [0.29, 0.717) is 0 Å². The van der Waals surface area contributed by atoms with E-state index >= 15 is 0 Å². The van der Waals surface area contributed by atoms with Crippen LogP contribution in [0.4, 0.5) is 0 Å². The summed E-state index contributed by atoms with van der Waals surface area (Å²) in [5, 5.41) is 3.77. The number of nitrogens with zero attached hydrogens (tertiary/aromatic N) is 1. The topological polar surface area (TPSA) is 15.3 Å². The van der Waals surface area contributed by atoms with E-state index in [4.69, 9.17) is 0 Å². The fourth-order valence-electron chi connectivity index (χ4n) is 4.35. The summed E-state index contributed by atoms with van der Waals surface area (Å²) < 4.78 is 0. The Morgan fingerprint density at radius 1 is 1.00 bits per heavy atom. The average molecular weight is 236 g/mol. The molecule has 0 radical (unpaired) electrons. The minimum Gasteiger partial charge on any atom is -0.311 e. The Bertz CT molecular complexity index is 248. The maximum atomic E-state index is 3.77. The molecule has 2 heterocycles. The normalized spacial score (nSPS) is 45.0. The van der Waals surface area contributed by atoms with Crippen molar-refractivity contribution in [1.29, 1.82) is 0 Å². The average Bonchev–Trinajstić information content (AvgIpc) is 2.62. The summed E-state index contributed by atoms with van der Waals surface area (Å²) in [5.41, 5.74) is 0. The molecule has 2 aliphatic heterocycles. The highest BCUT2D eigenvalue weighted by atomic mass is 15.2. The van der Waals surface area contributed by atoms with Crippen molar-refractivity contribution >= 4 is 0 Å². The van der Waals surface area contributed by atoms with Crippen LogP contribution in [0.25, 0.3) is 0 Å². The molecule has 2 unspecified atom stereocenters. The van der Waals surface area contributed by atoms with Crippen LogP contribution in [0.15, 0.2) is 0 Å². The summed E-state index contributed by atoms with van der Waals surface area (Å²) in [6.07, 6.45) is 9.94. The molecule has 1 N–H and O–H groups in total. The number of hydrogen-bond acceptors (Lipinski definition) is 2. The van der Waals surface area contributed by atoms with Gasteiger partial charge in [0, 0.05) is 24.2 Å². The smallest absolute Gasteiger partial charge is 0.0128 e. The van der Waals surface area contributed by atoms with Gasteiger partial charge in [-0.3, -0.25) is 4.90 Å². The van der Waals surface area contributed by atoms with Crippen LogP contribution >= 0.6 is 0 Å². The van der Waals surface area contributed by atoms with Crippen LogP contribution in [0.5, 0.6) is 0 Å². The summed E-state index contributed by atoms with van der Waals surface area (Å²) in [6, 6.07) is 3.50. The lowest BCUT2D eigenvalue weighted by Crippen LogP contribution is -2.54. The molecule has 98 valence electrons. The van der Waals surface area contributed by atoms with Crippen LogP contribution in [0.1, 0.15) is 58.8 Å². The minimum atomic E-state index is 0.843. The zero-order chi connectivity index (χ0) is 11.8. The lowest BCUT2D eigenvalue weighted by atomic mass is 9.79. The van der Waals surface area contributed by atoms with Crippen molar-refractivity contribution in [1.82, 2.24) is 10.2 Å². The second-order valence-corrected chi connectivity index (χ2v) is 6.73. The van der Waals surface area contributed by atoms with E-state index in [1.54, 1.807) is 0 Å². The molecule has 17 heavy (non-hydrogen) atoms. The Hall–Kier alpha value is -0.0800. The molecule has 3 rings (SSSR count). The van der Waals surface area contributed by atoms with Gasteiger partial charge in [0.1, 0.15) is 0 Å². The van der Waals surface area contributed by atoms with Crippen molar-refractivity contribution in [3.8, 4) is 0 Å². The first-order valence-electron chi connectivity index (χ1n) is 7.78. The maximum absolute atomic E-state index is 3.77. The second-order valence-electron chi connectivity index (χ2n) is 6.73. The zero-order valence-corrected chi connectivity index (χ0v) is 11.5. The van der Waals surface area contributed by atoms with Gasteiger partial charge < -0.3 is 5.32 Å². The SMILES string of the molecule is CCCN(C1CC(C)C1)C1CC2CCC(C1)N2. The number of piperidine rings is 1. The lowest BCUT2D eigenvalue weighted by molar-refractivity contribution is 0.0279. The van der Waals surface area contributed by atoms with Crippen molar-refractivity contribution in [3.05, 3.63) is 0 Å². The highest BCUT2D eigenvalue weighted by Gasteiger charge is 2.40. The third-order valence-corrected chi connectivity index (χ3v) is 5.22. The molecule has 0 aromatic heterocycles. The van der Waals surface area contributed by atoms with E-state index in [9.17, 15) is 0 Å². The molecule has 2 saturated heterocycles. The van der Waals surface area contributed by atoms with Crippen molar-refractivity contribution in [3.63, 3.8) is 0 Å². The van der Waals surface area contributed by atoms with E-state index in [1.807, 2.05) is 0 Å². The van der Waals surface area contributed by atoms with Gasteiger partial charge in [-0.1, -0.05) is 13.8 Å². The summed E-state index contributed by atoms with van der Waals surface area (Å²) >= 11 is 0. The van der Waals surface area contributed by atoms with Crippen molar-refractivity contribution < 1.29 is 0 Å². The van der Waals surface area contributed by atoms with Gasteiger partial charge in [0.15, 0.2) is 0 Å². The standard InChI is InChI=1S/C15H28N2/c1-3-6-17(14-7-11(2)8-14)15-9-12-4-5-13(10-15)16-12/h11-16H,3-10H2,1-2H3. The highest BCUT2D eigenvalue weighted by Crippen LogP contribution is 2.37. The first-order valence-corrected chi connectivity index (χ1v) is 7.78. The lowest BCUT2D eigenvalue weighted by Gasteiger charge is -2.48. The zero-order valence-electron chi connectivity index (χ0n) is 11.5. The maximum Gasteiger partial charge on any atom is 0.0128 e. The van der Waals surface area contributed by atoms with Gasteiger partial charge in [0.2, 0.25) is 0 Å². The van der Waals surface area contributed by atoms with Gasteiger partial charge in [0.05, 0.1) is 0 Å². The van der Waals surface area contributed by atoms with Gasteiger partial charge in [-0.15, -0.1) is 0 Å². The largest absolute Gasteiger partial charge is 0.311 e. The van der Waals surface area contributed by atoms with Gasteiger partial charge >= 0.3 is 0 Å². The number of fused-ring (bicyclic) bond motifs is 2. The molecule has 2 nitrogen and oxygen atoms in total. The molecule has 1 saturated carbocycles. The van der Waals surface area contributed by atoms with E-state index in [0.717, 1.165) is 30.1 Å². The summed E-state index contributed by atoms with van der Waals surface area (Å²) in [4.78, 5) is 2.88. The molecule has 1 aliphatic carbocycles. The van der Waals surface area contributed by atoms with Crippen LogP contribution in [0, 0.1) is 5.92 Å². The number of hydrogen-bond donors (Lipinski definition) is 1. The Balaban J connectivity index is 1.62. The minimum absolute atomic E-state index is 0.843. The van der Waals surface area contributed by atoms with E-state index in [2.05, 4.69) is 24.1 Å². The fourth-order valence-corrected chi connectivity index (χ4v) is 4.35. The Labute approximate surface area is 106 Å². The van der Waals surface area contributed by atoms with Gasteiger partial charge in [-0.2, -0.15) is 0 Å². The molecule has 0 spiro atoms. The molecule has 3 aliphatic rings. The van der Waals surface area contributed by atoms with E-state index in [1.165, 1.54) is 51.5 Å². The van der Waals surface area contributed by atoms with Crippen LogP contribution in [-0.2, 0) is 0 Å². The summed E-state index contributed by atoms with van der Waals surface area (Å²) in [5.74, 6) is 0.984. The third kappa shape index (κ3) is 2.39.